The molecule has 0 aliphatic carbocycles. The van der Waals surface area contributed by atoms with E-state index in [1.54, 1.807) is 65.9 Å². The molecule has 0 unspecified atom stereocenters. The van der Waals surface area contributed by atoms with Gasteiger partial charge in [0.05, 0.1) is 96.8 Å². The van der Waals surface area contributed by atoms with Gasteiger partial charge in [-0.15, -0.1) is 34.0 Å². The molecule has 0 radical (unpaired) electrons. The first-order valence-corrected chi connectivity index (χ1v) is 35.7. The molecule has 1 aliphatic rings. The van der Waals surface area contributed by atoms with Crippen LogP contribution < -0.4 is 41.5 Å². The molecule has 12 heterocycles. The average Bonchev–Trinajstić information content (AvgIpc) is 1.73. The number of H-pyrrole nitrogens is 3. The molecule has 0 spiro atoms. The Morgan fingerprint density at radius 1 is 0.475 bits per heavy atom. The largest absolute Gasteiger partial charge is 0.497 e. The maximum absolute atomic E-state index is 6.60. The number of nitrogens with zero attached hydrogens (tertiary/aromatic N) is 14. The van der Waals surface area contributed by atoms with Crippen LogP contribution in [0.5, 0.6) is 5.75 Å². The van der Waals surface area contributed by atoms with Crippen molar-refractivity contribution >= 4 is 196 Å². The molecule has 0 amide bonds. The van der Waals surface area contributed by atoms with Gasteiger partial charge in [-0.25, -0.2) is 19.9 Å². The monoisotopic (exact) mass is 1430 g/mol. The summed E-state index contributed by atoms with van der Waals surface area (Å²) in [5, 5.41) is 51.7. The highest BCUT2D eigenvalue weighted by atomic mass is 35.5. The number of anilines is 13. The first-order chi connectivity index (χ1) is 49.7. The zero-order chi connectivity index (χ0) is 68.0. The lowest BCUT2D eigenvalue weighted by molar-refractivity contribution is 0.122. The van der Waals surface area contributed by atoms with Crippen LogP contribution in [0.1, 0.15) is 0 Å². The molecule has 25 nitrogen and oxygen atoms in total. The number of morpholine rings is 1. The summed E-state index contributed by atoms with van der Waals surface area (Å²) in [7, 11) is 1.67. The number of pyridine rings is 1. The molecule has 17 aromatic rings. The molecule has 11 aromatic heterocycles. The van der Waals surface area contributed by atoms with Gasteiger partial charge in [0.15, 0.2) is 28.4 Å². The lowest BCUT2D eigenvalue weighted by Crippen LogP contribution is -2.36. The second kappa shape index (κ2) is 28.8. The average molecular weight is 1430 g/mol. The first-order valence-electron chi connectivity index (χ1n) is 31.5. The number of halogens is 1. The van der Waals surface area contributed by atoms with Crippen LogP contribution in [0.15, 0.2) is 204 Å². The normalized spacial score (nSPS) is 12.1. The Labute approximate surface area is 595 Å². The van der Waals surface area contributed by atoms with Crippen LogP contribution in [-0.2, 0) is 4.74 Å². The van der Waals surface area contributed by atoms with Gasteiger partial charge in [0.25, 0.3) is 0 Å². The van der Waals surface area contributed by atoms with Crippen molar-refractivity contribution in [1.29, 1.82) is 0 Å². The number of ether oxygens (including phenoxy) is 2. The predicted molar refractivity (Wildman–Crippen MR) is 408 cm³/mol. The summed E-state index contributed by atoms with van der Waals surface area (Å²) in [6.07, 6.45) is 9.02. The molecule has 18 rings (SSSR count). The third kappa shape index (κ3) is 14.5. The Hall–Kier alpha value is -12.0. The zero-order valence-corrected chi connectivity index (χ0v) is 57.5. The molecule has 498 valence electrons. The highest BCUT2D eigenvalue weighted by Gasteiger charge is 2.19. The number of rotatable bonds is 17. The number of nitrogens with one attached hydrogen (secondary N) is 9. The zero-order valence-electron chi connectivity index (χ0n) is 53.5. The van der Waals surface area contributed by atoms with Gasteiger partial charge in [-0.05, 0) is 149 Å². The summed E-state index contributed by atoms with van der Waals surface area (Å²) in [4.78, 5) is 48.4. The Morgan fingerprint density at radius 2 is 0.980 bits per heavy atom. The van der Waals surface area contributed by atoms with E-state index in [0.717, 1.165) is 139 Å². The SMILES string of the molecule is COc1cc(Nc2nc(Nc3ccc4[nH]ncc4c3)c3sccc3n2)cc(-c2ccccc2)c1.CSc1nc(Nc2nc(Nc3ccc4[nH]ncc4c3)c3sccc3n2)nc(-c2ccccn2)n1.Clc1cc(Nc2nc(Nc3ccc4[nH]ncc4c3)c3sccc3n2)ccc1N1CCOCC1. The number of methoxy groups -OCH3 is 1. The molecule has 1 aliphatic heterocycles. The number of thioether (sulfide) groups is 1. The maximum Gasteiger partial charge on any atom is 0.234 e. The van der Waals surface area contributed by atoms with E-state index < -0.39 is 0 Å². The Kier molecular flexibility index (Phi) is 18.2. The molecular formula is C71H56ClN23O2S4. The minimum absolute atomic E-state index is 0.348. The minimum Gasteiger partial charge on any atom is -0.497 e. The number of benzene rings is 6. The fraction of sp³-hybridized carbons (Fsp3) is 0.0845. The smallest absolute Gasteiger partial charge is 0.234 e. The van der Waals surface area contributed by atoms with Crippen molar-refractivity contribution in [2.24, 2.45) is 0 Å². The van der Waals surface area contributed by atoms with Gasteiger partial charge in [0.1, 0.15) is 11.4 Å². The lowest BCUT2D eigenvalue weighted by atomic mass is 10.0. The van der Waals surface area contributed by atoms with E-state index in [-0.39, 0.29) is 0 Å². The molecule has 1 fully saturated rings. The molecular weight excluding hydrogens is 1370 g/mol. The van der Waals surface area contributed by atoms with Crippen molar-refractivity contribution in [2.45, 2.75) is 5.16 Å². The predicted octanol–water partition coefficient (Wildman–Crippen LogP) is 17.3. The Balaban J connectivity index is 0.000000118. The minimum atomic E-state index is 0.348. The van der Waals surface area contributed by atoms with Gasteiger partial charge >= 0.3 is 0 Å². The standard InChI is InChI=1S/C26H20N6OS.C23H20ClN7OS.C22H16N10S2/c1-33-21-13-17(16-5-3-2-4-6-16)11-20(14-21)29-26-30-23-9-10-34-24(23)25(31-26)28-19-7-8-22-18(12-19)15-27-32-22;24-17-12-16(2-4-20(17)31-6-8-32-9-7-31)27-23-28-19-5-10-33-21(19)22(29-23)26-15-1-3-18-14(11-15)13-25-30-18;1-33-22-29-18(16-4-2-3-8-23-16)27-21(31-22)30-20-26-15-7-9-34-17(15)19(28-20)25-13-5-6-14-12(10-13)11-24-32-14/h2-15H,1H3,(H,27,32)(H2,28,29,30,31);1-5,10-13H,6-9H2,(H,25,30)(H2,26,27,28,29);2-11H,1H3,(H,24,32)(H2,25,26,27,28,29,30,31). The van der Waals surface area contributed by atoms with Crippen LogP contribution in [0.2, 0.25) is 5.02 Å². The van der Waals surface area contributed by atoms with Crippen LogP contribution in [0.3, 0.4) is 0 Å². The maximum atomic E-state index is 6.60. The van der Waals surface area contributed by atoms with Crippen molar-refractivity contribution < 1.29 is 9.47 Å². The fourth-order valence-electron chi connectivity index (χ4n) is 11.2. The third-order valence-electron chi connectivity index (χ3n) is 16.0. The van der Waals surface area contributed by atoms with Crippen LogP contribution in [-0.4, -0.2) is 120 Å². The van der Waals surface area contributed by atoms with Gasteiger partial charge < -0.3 is 41.0 Å². The first kappa shape index (κ1) is 63.7. The summed E-state index contributed by atoms with van der Waals surface area (Å²) < 4.78 is 13.9. The second-order valence-corrected chi connectivity index (χ2v) is 26.6. The van der Waals surface area contributed by atoms with Gasteiger partial charge in [0, 0.05) is 69.9 Å². The number of thiophene rings is 3. The Bertz CT molecular complexity index is 5540. The molecule has 0 saturated carbocycles. The number of fused-ring (bicyclic) bond motifs is 6. The Morgan fingerprint density at radius 3 is 1.50 bits per heavy atom. The van der Waals surface area contributed by atoms with Crippen molar-refractivity contribution in [1.82, 2.24) is 80.4 Å². The van der Waals surface area contributed by atoms with E-state index in [1.165, 1.54) is 11.8 Å². The van der Waals surface area contributed by atoms with E-state index in [1.807, 2.05) is 162 Å². The summed E-state index contributed by atoms with van der Waals surface area (Å²) in [6.45, 7) is 3.11. The topological polar surface area (TPSA) is 309 Å². The molecule has 1 saturated heterocycles. The molecule has 101 heavy (non-hydrogen) atoms. The van der Waals surface area contributed by atoms with Gasteiger partial charge in [-0.1, -0.05) is 59.8 Å². The fourth-order valence-corrected chi connectivity index (χ4v) is 14.2. The van der Waals surface area contributed by atoms with Crippen molar-refractivity contribution in [2.75, 3.05) is 76.5 Å². The summed E-state index contributed by atoms with van der Waals surface area (Å²) in [5.74, 6) is 5.15. The second-order valence-electron chi connectivity index (χ2n) is 22.6. The van der Waals surface area contributed by atoms with Crippen LogP contribution >= 0.6 is 57.4 Å². The molecule has 9 N–H and O–H groups in total. The highest BCUT2D eigenvalue weighted by molar-refractivity contribution is 7.98. The molecule has 0 atom stereocenters. The molecule has 0 bridgehead atoms. The van der Waals surface area contributed by atoms with E-state index in [4.69, 9.17) is 41.0 Å². The van der Waals surface area contributed by atoms with E-state index in [2.05, 4.69) is 115 Å². The molecule has 6 aromatic carbocycles. The van der Waals surface area contributed by atoms with Crippen molar-refractivity contribution in [3.8, 4) is 28.4 Å². The number of hydrogen-bond acceptors (Lipinski definition) is 26. The highest BCUT2D eigenvalue weighted by Crippen LogP contribution is 2.38. The number of hydrogen-bond donors (Lipinski definition) is 9. The van der Waals surface area contributed by atoms with Crippen LogP contribution in [0, 0.1) is 0 Å². The van der Waals surface area contributed by atoms with Gasteiger partial charge in [-0.3, -0.25) is 25.6 Å². The van der Waals surface area contributed by atoms with E-state index in [0.29, 0.717) is 64.5 Å². The third-order valence-corrected chi connectivity index (χ3v) is 19.6. The van der Waals surface area contributed by atoms with Crippen LogP contribution in [0.25, 0.3) is 86.0 Å². The quantitative estimate of drug-likeness (QED) is 0.0383. The lowest BCUT2D eigenvalue weighted by Gasteiger charge is -2.29. The van der Waals surface area contributed by atoms with Gasteiger partial charge in [0.2, 0.25) is 23.8 Å². The van der Waals surface area contributed by atoms with E-state index in [9.17, 15) is 0 Å². The van der Waals surface area contributed by atoms with E-state index >= 15 is 0 Å². The van der Waals surface area contributed by atoms with Crippen LogP contribution in [0.4, 0.5) is 75.4 Å². The summed E-state index contributed by atoms with van der Waals surface area (Å²) >= 11 is 12.8. The van der Waals surface area contributed by atoms with Crippen molar-refractivity contribution in [3.05, 3.63) is 204 Å². The summed E-state index contributed by atoms with van der Waals surface area (Å²) in [5.41, 5.74) is 13.8. The number of aromatic amines is 3. The van der Waals surface area contributed by atoms with Crippen molar-refractivity contribution in [3.63, 3.8) is 0 Å². The molecule has 30 heteroatoms. The van der Waals surface area contributed by atoms with Gasteiger partial charge in [-0.2, -0.15) is 40.2 Å². The summed E-state index contributed by atoms with van der Waals surface area (Å²) in [6, 6.07) is 51.8. The number of aromatic nitrogens is 16.